The van der Waals surface area contributed by atoms with Crippen LogP contribution in [-0.4, -0.2) is 33.4 Å². The molecule has 0 bridgehead atoms. The molecule has 1 atom stereocenters. The number of hydrogen-bond donors (Lipinski definition) is 2. The maximum atomic E-state index is 12.5. The Kier molecular flexibility index (Phi) is 4.36. The van der Waals surface area contributed by atoms with Crippen molar-refractivity contribution >= 4 is 5.91 Å². The topological polar surface area (TPSA) is 90.9 Å². The Morgan fingerprint density at radius 3 is 2.67 bits per heavy atom. The van der Waals surface area contributed by atoms with Crippen molar-refractivity contribution in [1.29, 1.82) is 5.26 Å². The van der Waals surface area contributed by atoms with Gasteiger partial charge in [-0.15, -0.1) is 0 Å². The lowest BCUT2D eigenvalue weighted by Crippen LogP contribution is -2.32. The number of amides is 1. The molecule has 0 radical (unpaired) electrons. The van der Waals surface area contributed by atoms with Crippen LogP contribution in [0.4, 0.5) is 0 Å². The Hall–Kier alpha value is -2.65. The van der Waals surface area contributed by atoms with Crippen LogP contribution in [0.25, 0.3) is 11.3 Å². The van der Waals surface area contributed by atoms with Crippen molar-refractivity contribution in [3.63, 3.8) is 0 Å². The summed E-state index contributed by atoms with van der Waals surface area (Å²) >= 11 is 0. The van der Waals surface area contributed by atoms with E-state index in [0.29, 0.717) is 11.3 Å². The second-order valence-electron chi connectivity index (χ2n) is 6.25. The van der Waals surface area contributed by atoms with E-state index >= 15 is 0 Å². The Morgan fingerprint density at radius 1 is 1.46 bits per heavy atom. The van der Waals surface area contributed by atoms with Gasteiger partial charge >= 0.3 is 0 Å². The van der Waals surface area contributed by atoms with Crippen LogP contribution in [0.3, 0.4) is 0 Å². The average Bonchev–Trinajstić information content (AvgIpc) is 3.36. The molecule has 2 N–H and O–H groups in total. The molecule has 1 fully saturated rings. The number of nitriles is 1. The summed E-state index contributed by atoms with van der Waals surface area (Å²) in [5, 5.41) is 25.7. The predicted molar refractivity (Wildman–Crippen MR) is 89.4 cm³/mol. The van der Waals surface area contributed by atoms with E-state index in [4.69, 9.17) is 5.26 Å². The zero-order valence-corrected chi connectivity index (χ0v) is 13.8. The third-order valence-corrected chi connectivity index (χ3v) is 4.10. The van der Waals surface area contributed by atoms with Gasteiger partial charge in [-0.2, -0.15) is 10.4 Å². The highest BCUT2D eigenvalue weighted by Crippen LogP contribution is 2.38. The smallest absolute Gasteiger partial charge is 0.269 e. The van der Waals surface area contributed by atoms with Crippen LogP contribution in [0, 0.1) is 18.3 Å². The molecule has 1 saturated carbocycles. The highest BCUT2D eigenvalue weighted by Gasteiger charge is 2.32. The number of nitrogens with zero attached hydrogens (tertiary/aromatic N) is 3. The normalized spacial score (nSPS) is 14.9. The zero-order chi connectivity index (χ0) is 17.3. The fourth-order valence-corrected chi connectivity index (χ4v) is 2.68. The van der Waals surface area contributed by atoms with Crippen LogP contribution < -0.4 is 5.32 Å². The first-order chi connectivity index (χ1) is 11.5. The molecular weight excluding hydrogens is 304 g/mol. The lowest BCUT2D eigenvalue weighted by molar-refractivity contribution is 0.0912. The van der Waals surface area contributed by atoms with Crippen molar-refractivity contribution in [2.75, 3.05) is 6.54 Å². The molecule has 124 valence electrons. The highest BCUT2D eigenvalue weighted by molar-refractivity contribution is 5.95. The molecule has 1 aliphatic rings. The van der Waals surface area contributed by atoms with Crippen molar-refractivity contribution in [2.24, 2.45) is 0 Å². The van der Waals surface area contributed by atoms with E-state index in [-0.39, 0.29) is 18.5 Å². The van der Waals surface area contributed by atoms with Gasteiger partial charge in [0.15, 0.2) is 0 Å². The van der Waals surface area contributed by atoms with E-state index in [1.165, 1.54) is 0 Å². The maximum absolute atomic E-state index is 12.5. The molecule has 6 heteroatoms. The van der Waals surface area contributed by atoms with Gasteiger partial charge in [-0.3, -0.25) is 9.48 Å². The van der Waals surface area contributed by atoms with Crippen LogP contribution in [0.5, 0.6) is 0 Å². The zero-order valence-electron chi connectivity index (χ0n) is 13.8. The number of aromatic nitrogens is 2. The van der Waals surface area contributed by atoms with E-state index < -0.39 is 6.10 Å². The minimum atomic E-state index is -0.593. The van der Waals surface area contributed by atoms with Crippen molar-refractivity contribution < 1.29 is 9.90 Å². The van der Waals surface area contributed by atoms with Gasteiger partial charge in [0.05, 0.1) is 29.5 Å². The Morgan fingerprint density at radius 2 is 2.12 bits per heavy atom. The van der Waals surface area contributed by atoms with E-state index in [0.717, 1.165) is 29.7 Å². The number of benzene rings is 1. The molecule has 0 saturated heterocycles. The molecular formula is C18H20N4O2. The van der Waals surface area contributed by atoms with Crippen LogP contribution in [0.15, 0.2) is 24.3 Å². The van der Waals surface area contributed by atoms with Gasteiger partial charge in [0.2, 0.25) is 0 Å². The quantitative estimate of drug-likeness (QED) is 0.882. The van der Waals surface area contributed by atoms with Crippen molar-refractivity contribution in [2.45, 2.75) is 38.8 Å². The summed E-state index contributed by atoms with van der Waals surface area (Å²) in [6.45, 7) is 3.73. The number of aliphatic hydroxyl groups excluding tert-OH is 1. The fourth-order valence-electron chi connectivity index (χ4n) is 2.68. The number of carbonyl (C=O) groups is 1. The summed E-state index contributed by atoms with van der Waals surface area (Å²) < 4.78 is 1.81. The number of aliphatic hydroxyl groups is 1. The van der Waals surface area contributed by atoms with E-state index in [1.54, 1.807) is 23.7 Å². The molecule has 0 aliphatic heterocycles. The summed E-state index contributed by atoms with van der Waals surface area (Å²) in [6.07, 6.45) is 1.44. The molecule has 3 rings (SSSR count). The molecule has 6 nitrogen and oxygen atoms in total. The molecule has 2 aromatic rings. The Labute approximate surface area is 140 Å². The summed E-state index contributed by atoms with van der Waals surface area (Å²) in [5.74, 6) is -0.215. The SMILES string of the molecule is Cc1c(-c2ccc(C#N)cc2)nn(C2CC2)c1C(=O)NC[C@@H](C)O. The van der Waals surface area contributed by atoms with Gasteiger partial charge in [-0.05, 0) is 38.8 Å². The number of rotatable bonds is 5. The second kappa shape index (κ2) is 6.46. The predicted octanol–water partition coefficient (Wildman–Crippen LogP) is 2.18. The van der Waals surface area contributed by atoms with Crippen LogP contribution in [0.1, 0.15) is 47.4 Å². The number of hydrogen-bond acceptors (Lipinski definition) is 4. The number of carbonyl (C=O) groups excluding carboxylic acids is 1. The molecule has 0 spiro atoms. The fraction of sp³-hybridized carbons (Fsp3) is 0.389. The summed E-state index contributed by atoms with van der Waals surface area (Å²) in [7, 11) is 0. The van der Waals surface area contributed by atoms with Crippen molar-refractivity contribution in [3.05, 3.63) is 41.1 Å². The Bertz CT molecular complexity index is 796. The van der Waals surface area contributed by atoms with Gasteiger partial charge in [-0.1, -0.05) is 12.1 Å². The number of nitrogens with one attached hydrogen (secondary N) is 1. The Balaban J connectivity index is 1.98. The lowest BCUT2D eigenvalue weighted by atomic mass is 10.1. The van der Waals surface area contributed by atoms with Gasteiger partial charge in [-0.25, -0.2) is 0 Å². The molecule has 1 heterocycles. The van der Waals surface area contributed by atoms with Crippen molar-refractivity contribution in [1.82, 2.24) is 15.1 Å². The van der Waals surface area contributed by atoms with Gasteiger partial charge < -0.3 is 10.4 Å². The highest BCUT2D eigenvalue weighted by atomic mass is 16.3. The third kappa shape index (κ3) is 3.17. The van der Waals surface area contributed by atoms with E-state index in [1.807, 2.05) is 19.1 Å². The standard InChI is InChI=1S/C18H20N4O2/c1-11(23)10-20-18(24)17-12(2)16(21-22(17)15-7-8-15)14-5-3-13(9-19)4-6-14/h3-6,11,15,23H,7-8,10H2,1-2H3,(H,20,24)/t11-/m1/s1. The average molecular weight is 324 g/mol. The van der Waals surface area contributed by atoms with Crippen LogP contribution in [-0.2, 0) is 0 Å². The van der Waals surface area contributed by atoms with Crippen LogP contribution >= 0.6 is 0 Å². The lowest BCUT2D eigenvalue weighted by Gasteiger charge is -2.09. The largest absolute Gasteiger partial charge is 0.392 e. The van der Waals surface area contributed by atoms with E-state index in [9.17, 15) is 9.90 Å². The van der Waals surface area contributed by atoms with Gasteiger partial charge in [0, 0.05) is 17.7 Å². The van der Waals surface area contributed by atoms with Crippen LogP contribution in [0.2, 0.25) is 0 Å². The summed E-state index contributed by atoms with van der Waals surface area (Å²) in [4.78, 5) is 12.5. The maximum Gasteiger partial charge on any atom is 0.269 e. The molecule has 24 heavy (non-hydrogen) atoms. The molecule has 1 aromatic carbocycles. The third-order valence-electron chi connectivity index (χ3n) is 4.10. The minimum Gasteiger partial charge on any atom is -0.392 e. The van der Waals surface area contributed by atoms with Gasteiger partial charge in [0.25, 0.3) is 5.91 Å². The molecule has 1 aliphatic carbocycles. The summed E-state index contributed by atoms with van der Waals surface area (Å²) in [6, 6.07) is 9.56. The first-order valence-electron chi connectivity index (χ1n) is 8.07. The minimum absolute atomic E-state index is 0.209. The monoisotopic (exact) mass is 324 g/mol. The molecule has 1 aromatic heterocycles. The first-order valence-corrected chi connectivity index (χ1v) is 8.07. The summed E-state index contributed by atoms with van der Waals surface area (Å²) in [5.41, 5.74) is 3.60. The van der Waals surface area contributed by atoms with Crippen molar-refractivity contribution in [3.8, 4) is 17.3 Å². The van der Waals surface area contributed by atoms with Gasteiger partial charge in [0.1, 0.15) is 5.69 Å². The first kappa shape index (κ1) is 16.2. The molecule has 1 amide bonds. The second-order valence-corrected chi connectivity index (χ2v) is 6.25. The molecule has 0 unspecified atom stereocenters. The van der Waals surface area contributed by atoms with E-state index in [2.05, 4.69) is 16.5 Å².